The van der Waals surface area contributed by atoms with Crippen LogP contribution in [0.3, 0.4) is 0 Å². The molecule has 1 aliphatic rings. The first kappa shape index (κ1) is 15.4. The van der Waals surface area contributed by atoms with Crippen LogP contribution in [0.2, 0.25) is 0 Å². The number of nitrogens with one attached hydrogen (secondary N) is 1. The third-order valence-corrected chi connectivity index (χ3v) is 4.05. The van der Waals surface area contributed by atoms with Crippen molar-refractivity contribution in [3.63, 3.8) is 0 Å². The molecule has 0 spiro atoms. The fraction of sp³-hybridized carbons (Fsp3) is 0.500. The quantitative estimate of drug-likeness (QED) is 0.871. The molecule has 0 fully saturated rings. The van der Waals surface area contributed by atoms with Crippen molar-refractivity contribution in [3.8, 4) is 5.75 Å². The SMILES string of the molecule is CC[C@H](C)[C@H](NC(=O)C1CCOc2ccccc21)C(=O)O. The Morgan fingerprint density at radius 3 is 2.81 bits per heavy atom. The number of para-hydroxylation sites is 1. The highest BCUT2D eigenvalue weighted by molar-refractivity contribution is 5.89. The van der Waals surface area contributed by atoms with Gasteiger partial charge in [-0.15, -0.1) is 0 Å². The minimum Gasteiger partial charge on any atom is -0.493 e. The molecule has 21 heavy (non-hydrogen) atoms. The Labute approximate surface area is 124 Å². The van der Waals surface area contributed by atoms with Gasteiger partial charge in [0.1, 0.15) is 11.8 Å². The Bertz CT molecular complexity index is 529. The Balaban J connectivity index is 2.15. The van der Waals surface area contributed by atoms with E-state index in [-0.39, 0.29) is 17.7 Å². The predicted molar refractivity (Wildman–Crippen MR) is 78.3 cm³/mol. The van der Waals surface area contributed by atoms with Crippen molar-refractivity contribution < 1.29 is 19.4 Å². The smallest absolute Gasteiger partial charge is 0.326 e. The Morgan fingerprint density at radius 1 is 1.43 bits per heavy atom. The summed E-state index contributed by atoms with van der Waals surface area (Å²) < 4.78 is 5.53. The molecule has 5 heteroatoms. The maximum Gasteiger partial charge on any atom is 0.326 e. The number of amides is 1. The summed E-state index contributed by atoms with van der Waals surface area (Å²) in [5.41, 5.74) is 0.828. The van der Waals surface area contributed by atoms with Crippen molar-refractivity contribution >= 4 is 11.9 Å². The largest absolute Gasteiger partial charge is 0.493 e. The van der Waals surface area contributed by atoms with Gasteiger partial charge in [-0.05, 0) is 18.4 Å². The molecule has 2 rings (SSSR count). The third-order valence-electron chi connectivity index (χ3n) is 4.05. The van der Waals surface area contributed by atoms with Gasteiger partial charge in [0.25, 0.3) is 0 Å². The molecule has 0 saturated heterocycles. The fourth-order valence-corrected chi connectivity index (χ4v) is 2.55. The lowest BCUT2D eigenvalue weighted by Crippen LogP contribution is -2.47. The Kier molecular flexibility index (Phi) is 4.83. The zero-order valence-corrected chi connectivity index (χ0v) is 12.3. The van der Waals surface area contributed by atoms with Gasteiger partial charge in [-0.3, -0.25) is 4.79 Å². The average molecular weight is 291 g/mol. The van der Waals surface area contributed by atoms with Crippen LogP contribution in [0.4, 0.5) is 0 Å². The van der Waals surface area contributed by atoms with E-state index in [1.165, 1.54) is 0 Å². The van der Waals surface area contributed by atoms with E-state index in [0.717, 1.165) is 5.56 Å². The van der Waals surface area contributed by atoms with Crippen LogP contribution in [0.25, 0.3) is 0 Å². The van der Waals surface area contributed by atoms with E-state index in [1.807, 2.05) is 38.1 Å². The van der Waals surface area contributed by atoms with Gasteiger partial charge in [-0.1, -0.05) is 38.5 Å². The van der Waals surface area contributed by atoms with Gasteiger partial charge in [0.15, 0.2) is 0 Å². The van der Waals surface area contributed by atoms with Gasteiger partial charge in [-0.25, -0.2) is 4.79 Å². The van der Waals surface area contributed by atoms with E-state index in [1.54, 1.807) is 0 Å². The molecule has 114 valence electrons. The van der Waals surface area contributed by atoms with Crippen LogP contribution in [0.5, 0.6) is 5.75 Å². The second-order valence-corrected chi connectivity index (χ2v) is 5.44. The first-order valence-corrected chi connectivity index (χ1v) is 7.29. The monoisotopic (exact) mass is 291 g/mol. The second-order valence-electron chi connectivity index (χ2n) is 5.44. The summed E-state index contributed by atoms with van der Waals surface area (Å²) in [6, 6.07) is 6.56. The minimum atomic E-state index is -0.988. The van der Waals surface area contributed by atoms with Crippen LogP contribution in [0.15, 0.2) is 24.3 Å². The molecule has 1 aromatic rings. The summed E-state index contributed by atoms with van der Waals surface area (Å²) in [4.78, 5) is 23.8. The second kappa shape index (κ2) is 6.61. The lowest BCUT2D eigenvalue weighted by atomic mass is 9.91. The highest BCUT2D eigenvalue weighted by atomic mass is 16.5. The van der Waals surface area contributed by atoms with Crippen LogP contribution in [-0.4, -0.2) is 29.6 Å². The maximum absolute atomic E-state index is 12.5. The Morgan fingerprint density at radius 2 is 2.14 bits per heavy atom. The van der Waals surface area contributed by atoms with Crippen molar-refractivity contribution in [2.45, 2.75) is 38.6 Å². The summed E-state index contributed by atoms with van der Waals surface area (Å²) in [5.74, 6) is -0.974. The number of rotatable bonds is 5. The molecule has 0 radical (unpaired) electrons. The lowest BCUT2D eigenvalue weighted by molar-refractivity contribution is -0.143. The number of carboxylic acid groups (broad SMARTS) is 1. The average Bonchev–Trinajstić information content (AvgIpc) is 2.50. The van der Waals surface area contributed by atoms with E-state index < -0.39 is 12.0 Å². The van der Waals surface area contributed by atoms with Crippen LogP contribution in [0, 0.1) is 5.92 Å². The highest BCUT2D eigenvalue weighted by Gasteiger charge is 2.32. The van der Waals surface area contributed by atoms with Crippen LogP contribution in [0.1, 0.15) is 38.2 Å². The number of hydrogen-bond acceptors (Lipinski definition) is 3. The van der Waals surface area contributed by atoms with Crippen LogP contribution >= 0.6 is 0 Å². The zero-order chi connectivity index (χ0) is 15.4. The molecule has 1 heterocycles. The molecule has 2 N–H and O–H groups in total. The van der Waals surface area contributed by atoms with Crippen molar-refractivity contribution in [2.24, 2.45) is 5.92 Å². The number of ether oxygens (including phenoxy) is 1. The lowest BCUT2D eigenvalue weighted by Gasteiger charge is -2.27. The van der Waals surface area contributed by atoms with Gasteiger partial charge in [0.2, 0.25) is 5.91 Å². The number of carbonyl (C=O) groups excluding carboxylic acids is 1. The standard InChI is InChI=1S/C16H21NO4/c1-3-10(2)14(16(19)20)17-15(18)12-8-9-21-13-7-5-4-6-11(12)13/h4-7,10,12,14H,3,8-9H2,1-2H3,(H,17,18)(H,19,20)/t10-,12?,14-/m0/s1. The maximum atomic E-state index is 12.5. The van der Waals surface area contributed by atoms with Crippen molar-refractivity contribution in [1.82, 2.24) is 5.32 Å². The molecule has 1 aromatic carbocycles. The summed E-state index contributed by atoms with van der Waals surface area (Å²) >= 11 is 0. The van der Waals surface area contributed by atoms with E-state index in [2.05, 4.69) is 5.32 Å². The van der Waals surface area contributed by atoms with Crippen LogP contribution < -0.4 is 10.1 Å². The fourth-order valence-electron chi connectivity index (χ4n) is 2.55. The zero-order valence-electron chi connectivity index (χ0n) is 12.3. The van der Waals surface area contributed by atoms with E-state index in [0.29, 0.717) is 25.2 Å². The van der Waals surface area contributed by atoms with E-state index in [4.69, 9.17) is 4.74 Å². The number of carbonyl (C=O) groups is 2. The first-order valence-electron chi connectivity index (χ1n) is 7.29. The van der Waals surface area contributed by atoms with Crippen LogP contribution in [-0.2, 0) is 9.59 Å². The topological polar surface area (TPSA) is 75.6 Å². The summed E-state index contributed by atoms with van der Waals surface area (Å²) in [6.07, 6.45) is 1.26. The highest BCUT2D eigenvalue weighted by Crippen LogP contribution is 2.33. The predicted octanol–water partition coefficient (Wildman–Crippen LogP) is 2.17. The van der Waals surface area contributed by atoms with Gasteiger partial charge in [0.05, 0.1) is 12.5 Å². The molecule has 5 nitrogen and oxygen atoms in total. The summed E-state index contributed by atoms with van der Waals surface area (Å²) in [6.45, 7) is 4.21. The minimum absolute atomic E-state index is 0.110. The molecule has 1 amide bonds. The van der Waals surface area contributed by atoms with Gasteiger partial charge in [-0.2, -0.15) is 0 Å². The molecule has 1 aliphatic heterocycles. The molecule has 3 atom stereocenters. The van der Waals surface area contributed by atoms with Gasteiger partial charge < -0.3 is 15.2 Å². The molecular formula is C16H21NO4. The number of carboxylic acids is 1. The summed E-state index contributed by atoms with van der Waals surface area (Å²) in [5, 5.41) is 12.0. The van der Waals surface area contributed by atoms with Crippen molar-refractivity contribution in [3.05, 3.63) is 29.8 Å². The van der Waals surface area contributed by atoms with Crippen molar-refractivity contribution in [2.75, 3.05) is 6.61 Å². The van der Waals surface area contributed by atoms with Gasteiger partial charge >= 0.3 is 5.97 Å². The van der Waals surface area contributed by atoms with E-state index in [9.17, 15) is 14.7 Å². The molecule has 1 unspecified atom stereocenters. The summed E-state index contributed by atoms with van der Waals surface area (Å²) in [7, 11) is 0. The Hall–Kier alpha value is -2.04. The molecule has 0 saturated carbocycles. The van der Waals surface area contributed by atoms with Crippen molar-refractivity contribution in [1.29, 1.82) is 0 Å². The number of aliphatic carboxylic acids is 1. The molecule has 0 bridgehead atoms. The number of benzene rings is 1. The van der Waals surface area contributed by atoms with Gasteiger partial charge in [0, 0.05) is 5.56 Å². The van der Waals surface area contributed by atoms with E-state index >= 15 is 0 Å². The molecule has 0 aromatic heterocycles. The normalized spacial score (nSPS) is 19.8. The molecule has 0 aliphatic carbocycles. The first-order chi connectivity index (χ1) is 10.0. The molecular weight excluding hydrogens is 270 g/mol. The number of hydrogen-bond donors (Lipinski definition) is 2. The third kappa shape index (κ3) is 3.35. The number of fused-ring (bicyclic) bond motifs is 1.